The molecule has 0 bridgehead atoms. The lowest BCUT2D eigenvalue weighted by atomic mass is 9.93. The molecule has 2 atom stereocenters. The highest BCUT2D eigenvalue weighted by Crippen LogP contribution is 2.34. The number of nitrogens with one attached hydrogen (secondary N) is 1. The van der Waals surface area contributed by atoms with Gasteiger partial charge in [0.25, 0.3) is 5.91 Å². The lowest BCUT2D eigenvalue weighted by molar-refractivity contribution is -0.139. The smallest absolute Gasteiger partial charge is 0.326 e. The number of nitrogens with zero attached hydrogens (tertiary/aromatic N) is 1. The van der Waals surface area contributed by atoms with E-state index in [1.807, 2.05) is 74.0 Å². The summed E-state index contributed by atoms with van der Waals surface area (Å²) in [4.78, 5) is 31.0. The van der Waals surface area contributed by atoms with Gasteiger partial charge in [0.15, 0.2) is 0 Å². The number of aryl methyl sites for hydroxylation is 1. The van der Waals surface area contributed by atoms with Gasteiger partial charge < -0.3 is 15.2 Å². The number of amides is 1. The lowest BCUT2D eigenvalue weighted by Crippen LogP contribution is -2.41. The topological polar surface area (TPSA) is 88.5 Å². The van der Waals surface area contributed by atoms with Crippen LogP contribution in [0.25, 0.3) is 21.7 Å². The molecule has 0 aliphatic carbocycles. The number of hydrogen-bond donors (Lipinski definition) is 2. The standard InChI is InChI=1S/C34H38N2O4S2/c1-4-5-15-30(31-21-35-33(42-31)25-12-7-6-8-13-25)40-22-24-16-17-27(28(20-24)26-14-10-9-11-23(26)2)32(37)36-29(34(38)39)18-19-41-3/h6-14,16-17,20-21,29-30H,4-5,15,18-19,22H2,1-3H3,(H,36,37)(H,38,39)/t29-,30-/m0/s1. The van der Waals surface area contributed by atoms with Gasteiger partial charge in [-0.3, -0.25) is 4.79 Å². The molecule has 0 unspecified atom stereocenters. The average molecular weight is 603 g/mol. The Morgan fingerprint density at radius 3 is 2.50 bits per heavy atom. The highest BCUT2D eigenvalue weighted by molar-refractivity contribution is 7.98. The summed E-state index contributed by atoms with van der Waals surface area (Å²) in [6.07, 6.45) is 7.12. The summed E-state index contributed by atoms with van der Waals surface area (Å²) in [5.41, 5.74) is 5.20. The molecule has 3 aromatic carbocycles. The maximum absolute atomic E-state index is 13.4. The van der Waals surface area contributed by atoms with Gasteiger partial charge in [0.1, 0.15) is 11.0 Å². The van der Waals surface area contributed by atoms with E-state index < -0.39 is 17.9 Å². The van der Waals surface area contributed by atoms with Crippen LogP contribution in [0.3, 0.4) is 0 Å². The molecular formula is C34H38N2O4S2. The van der Waals surface area contributed by atoms with Gasteiger partial charge in [-0.05, 0) is 66.2 Å². The molecule has 8 heteroatoms. The number of rotatable bonds is 15. The van der Waals surface area contributed by atoms with Crippen LogP contribution in [-0.4, -0.2) is 40.0 Å². The van der Waals surface area contributed by atoms with Crippen molar-refractivity contribution in [3.05, 3.63) is 101 Å². The second-order valence-electron chi connectivity index (χ2n) is 10.2. The summed E-state index contributed by atoms with van der Waals surface area (Å²) in [6.45, 7) is 4.56. The van der Waals surface area contributed by atoms with Crippen LogP contribution in [0.15, 0.2) is 79.0 Å². The van der Waals surface area contributed by atoms with E-state index in [1.165, 1.54) is 0 Å². The minimum Gasteiger partial charge on any atom is -0.480 e. The van der Waals surface area contributed by atoms with E-state index in [-0.39, 0.29) is 6.10 Å². The van der Waals surface area contributed by atoms with Crippen molar-refractivity contribution in [2.24, 2.45) is 0 Å². The monoisotopic (exact) mass is 602 g/mol. The number of ether oxygens (including phenoxy) is 1. The van der Waals surface area contributed by atoms with Gasteiger partial charge in [0.2, 0.25) is 0 Å². The summed E-state index contributed by atoms with van der Waals surface area (Å²) in [5.74, 6) is -0.783. The Morgan fingerprint density at radius 2 is 1.79 bits per heavy atom. The zero-order chi connectivity index (χ0) is 29.9. The molecule has 0 aliphatic heterocycles. The fourth-order valence-electron chi connectivity index (χ4n) is 4.75. The van der Waals surface area contributed by atoms with Crippen LogP contribution in [-0.2, 0) is 16.1 Å². The van der Waals surface area contributed by atoms with Crippen molar-refractivity contribution >= 4 is 35.0 Å². The number of thioether (sulfide) groups is 1. The molecule has 0 saturated heterocycles. The number of carboxylic acids is 1. The number of carboxylic acid groups (broad SMARTS) is 1. The van der Waals surface area contributed by atoms with Gasteiger partial charge >= 0.3 is 5.97 Å². The van der Waals surface area contributed by atoms with Crippen LogP contribution >= 0.6 is 23.1 Å². The molecule has 0 radical (unpaired) electrons. The highest BCUT2D eigenvalue weighted by atomic mass is 32.2. The second kappa shape index (κ2) is 15.7. The number of unbranched alkanes of at least 4 members (excludes halogenated alkanes) is 1. The predicted molar refractivity (Wildman–Crippen MR) is 173 cm³/mol. The van der Waals surface area contributed by atoms with Gasteiger partial charge in [0, 0.05) is 17.3 Å². The van der Waals surface area contributed by atoms with Crippen LogP contribution in [0.5, 0.6) is 0 Å². The number of benzene rings is 3. The van der Waals surface area contributed by atoms with Crippen molar-refractivity contribution in [2.45, 2.75) is 58.3 Å². The van der Waals surface area contributed by atoms with Gasteiger partial charge in [-0.2, -0.15) is 11.8 Å². The quantitative estimate of drug-likeness (QED) is 0.143. The lowest BCUT2D eigenvalue weighted by Gasteiger charge is -2.19. The molecule has 42 heavy (non-hydrogen) atoms. The van der Waals surface area contributed by atoms with Crippen molar-refractivity contribution in [3.63, 3.8) is 0 Å². The summed E-state index contributed by atoms with van der Waals surface area (Å²) in [7, 11) is 0. The van der Waals surface area contributed by atoms with Crippen LogP contribution < -0.4 is 5.32 Å². The van der Waals surface area contributed by atoms with Gasteiger partial charge in [-0.15, -0.1) is 11.3 Å². The van der Waals surface area contributed by atoms with Crippen LogP contribution in [0.1, 0.15) is 65.1 Å². The van der Waals surface area contributed by atoms with Crippen LogP contribution in [0.4, 0.5) is 0 Å². The predicted octanol–water partition coefficient (Wildman–Crippen LogP) is 8.17. The second-order valence-corrected chi connectivity index (χ2v) is 12.3. The van der Waals surface area contributed by atoms with E-state index in [4.69, 9.17) is 4.74 Å². The Hall–Kier alpha value is -3.46. The molecule has 4 rings (SSSR count). The summed E-state index contributed by atoms with van der Waals surface area (Å²) in [6, 6.07) is 22.8. The number of thiazole rings is 1. The van der Waals surface area contributed by atoms with E-state index in [0.717, 1.165) is 57.0 Å². The number of aliphatic carboxylic acids is 1. The van der Waals surface area contributed by atoms with Crippen molar-refractivity contribution < 1.29 is 19.4 Å². The average Bonchev–Trinajstić information content (AvgIpc) is 3.50. The van der Waals surface area contributed by atoms with E-state index in [0.29, 0.717) is 24.3 Å². The van der Waals surface area contributed by atoms with E-state index in [9.17, 15) is 14.7 Å². The Balaban J connectivity index is 1.59. The zero-order valence-electron chi connectivity index (χ0n) is 24.3. The molecule has 2 N–H and O–H groups in total. The minimum absolute atomic E-state index is 0.0856. The Bertz CT molecular complexity index is 1470. The first-order chi connectivity index (χ1) is 20.4. The van der Waals surface area contributed by atoms with Gasteiger partial charge in [0.05, 0.1) is 17.6 Å². The summed E-state index contributed by atoms with van der Waals surface area (Å²) in [5, 5.41) is 13.4. The molecular weight excluding hydrogens is 565 g/mol. The Labute approximate surface area is 256 Å². The molecule has 1 aromatic heterocycles. The maximum atomic E-state index is 13.4. The van der Waals surface area contributed by atoms with Gasteiger partial charge in [-0.1, -0.05) is 80.4 Å². The first kappa shape index (κ1) is 31.5. The first-order valence-electron chi connectivity index (χ1n) is 14.3. The third kappa shape index (κ3) is 8.31. The van der Waals surface area contributed by atoms with Crippen LogP contribution in [0.2, 0.25) is 0 Å². The van der Waals surface area contributed by atoms with Crippen LogP contribution in [0, 0.1) is 6.92 Å². The fourth-order valence-corrected chi connectivity index (χ4v) is 6.23. The molecule has 0 spiro atoms. The van der Waals surface area contributed by atoms with Gasteiger partial charge in [-0.25, -0.2) is 9.78 Å². The summed E-state index contributed by atoms with van der Waals surface area (Å²) >= 11 is 3.22. The highest BCUT2D eigenvalue weighted by Gasteiger charge is 2.23. The largest absolute Gasteiger partial charge is 0.480 e. The molecule has 1 heterocycles. The van der Waals surface area contributed by atoms with Crippen molar-refractivity contribution in [2.75, 3.05) is 12.0 Å². The van der Waals surface area contributed by atoms with Crippen molar-refractivity contribution in [1.29, 1.82) is 0 Å². The fraction of sp³-hybridized carbons (Fsp3) is 0.324. The molecule has 0 fully saturated rings. The SMILES string of the molecule is CCCC[C@H](OCc1ccc(C(=O)N[C@@H](CCSC)C(=O)O)c(-c2ccccc2C)c1)c1cnc(-c2ccccc2)s1. The van der Waals surface area contributed by atoms with E-state index >= 15 is 0 Å². The minimum atomic E-state index is -1.03. The van der Waals surface area contributed by atoms with Crippen molar-refractivity contribution in [3.8, 4) is 21.7 Å². The Kier molecular flexibility index (Phi) is 11.7. The maximum Gasteiger partial charge on any atom is 0.326 e. The molecule has 4 aromatic rings. The molecule has 0 aliphatic rings. The van der Waals surface area contributed by atoms with E-state index in [2.05, 4.69) is 29.4 Å². The number of carbonyl (C=O) groups excluding carboxylic acids is 1. The number of aromatic nitrogens is 1. The zero-order valence-corrected chi connectivity index (χ0v) is 26.0. The number of carbonyl (C=O) groups is 2. The third-order valence-electron chi connectivity index (χ3n) is 7.11. The van der Waals surface area contributed by atoms with Crippen molar-refractivity contribution in [1.82, 2.24) is 10.3 Å². The molecule has 220 valence electrons. The molecule has 0 saturated carbocycles. The Morgan fingerprint density at radius 1 is 1.02 bits per heavy atom. The summed E-state index contributed by atoms with van der Waals surface area (Å²) < 4.78 is 6.52. The third-order valence-corrected chi connectivity index (χ3v) is 8.89. The molecule has 1 amide bonds. The number of hydrogen-bond acceptors (Lipinski definition) is 6. The molecule has 6 nitrogen and oxygen atoms in total. The first-order valence-corrected chi connectivity index (χ1v) is 16.5. The van der Waals surface area contributed by atoms with E-state index in [1.54, 1.807) is 29.2 Å². The normalized spacial score (nSPS) is 12.5.